The molecule has 1 aromatic rings. The summed E-state index contributed by atoms with van der Waals surface area (Å²) in [7, 11) is 1.46. The van der Waals surface area contributed by atoms with Gasteiger partial charge in [-0.2, -0.15) is 0 Å². The number of methoxy groups -OCH3 is 1. The number of benzene rings is 1. The number of ether oxygens (including phenoxy) is 2. The predicted octanol–water partition coefficient (Wildman–Crippen LogP) is 1.94. The zero-order chi connectivity index (χ0) is 14.8. The van der Waals surface area contributed by atoms with E-state index in [1.807, 2.05) is 6.07 Å². The number of rotatable bonds is 4. The molecule has 1 fully saturated rings. The lowest BCUT2D eigenvalue weighted by Crippen LogP contribution is -2.50. The Hall–Kier alpha value is -1.17. The molecule has 4 nitrogen and oxygen atoms in total. The molecule has 0 aromatic heterocycles. The lowest BCUT2D eigenvalue weighted by Gasteiger charge is -2.42. The summed E-state index contributed by atoms with van der Waals surface area (Å²) in [5.41, 5.74) is 6.59. The Kier molecular flexibility index (Phi) is 4.62. The Morgan fingerprint density at radius 1 is 1.50 bits per heavy atom. The molecular weight excluding hydrogens is 259 g/mol. The van der Waals surface area contributed by atoms with Gasteiger partial charge in [0.15, 0.2) is 11.6 Å². The van der Waals surface area contributed by atoms with E-state index < -0.39 is 0 Å². The molecule has 5 heteroatoms. The summed E-state index contributed by atoms with van der Waals surface area (Å²) in [6.45, 7) is 6.81. The average molecular weight is 282 g/mol. The Morgan fingerprint density at radius 3 is 2.80 bits per heavy atom. The molecule has 2 N–H and O–H groups in total. The summed E-state index contributed by atoms with van der Waals surface area (Å²) < 4.78 is 24.5. The van der Waals surface area contributed by atoms with Crippen molar-refractivity contribution in [3.8, 4) is 5.75 Å². The molecule has 1 aromatic carbocycles. The van der Waals surface area contributed by atoms with Gasteiger partial charge in [-0.15, -0.1) is 0 Å². The van der Waals surface area contributed by atoms with Crippen LogP contribution in [0.5, 0.6) is 5.75 Å². The van der Waals surface area contributed by atoms with Gasteiger partial charge in [-0.1, -0.05) is 6.07 Å². The maximum Gasteiger partial charge on any atom is 0.165 e. The van der Waals surface area contributed by atoms with Gasteiger partial charge in [-0.05, 0) is 31.5 Å². The molecule has 1 atom stereocenters. The van der Waals surface area contributed by atoms with Crippen molar-refractivity contribution < 1.29 is 13.9 Å². The molecule has 112 valence electrons. The van der Waals surface area contributed by atoms with Crippen molar-refractivity contribution in [3.05, 3.63) is 29.6 Å². The first-order valence-electron chi connectivity index (χ1n) is 6.88. The maximum absolute atomic E-state index is 13.9. The summed E-state index contributed by atoms with van der Waals surface area (Å²) in [6.07, 6.45) is 0. The van der Waals surface area contributed by atoms with Crippen LogP contribution in [0.2, 0.25) is 0 Å². The average Bonchev–Trinajstić information content (AvgIpc) is 2.39. The summed E-state index contributed by atoms with van der Waals surface area (Å²) in [6, 6.07) is 5.04. The van der Waals surface area contributed by atoms with Gasteiger partial charge in [0.2, 0.25) is 0 Å². The molecule has 0 bridgehead atoms. The molecule has 20 heavy (non-hydrogen) atoms. The van der Waals surface area contributed by atoms with Crippen molar-refractivity contribution in [3.63, 3.8) is 0 Å². The van der Waals surface area contributed by atoms with Crippen molar-refractivity contribution in [1.29, 1.82) is 0 Å². The first-order valence-corrected chi connectivity index (χ1v) is 6.88. The number of hydrogen-bond donors (Lipinski definition) is 1. The highest BCUT2D eigenvalue weighted by Gasteiger charge is 2.31. The van der Waals surface area contributed by atoms with E-state index in [2.05, 4.69) is 18.7 Å². The van der Waals surface area contributed by atoms with Crippen LogP contribution >= 0.6 is 0 Å². The van der Waals surface area contributed by atoms with Crippen molar-refractivity contribution in [2.75, 3.05) is 33.4 Å². The van der Waals surface area contributed by atoms with Crippen LogP contribution in [-0.2, 0) is 4.74 Å². The van der Waals surface area contributed by atoms with E-state index in [4.69, 9.17) is 15.2 Å². The first-order chi connectivity index (χ1) is 9.46. The molecular formula is C15H23FN2O2. The molecule has 0 radical (unpaired) electrons. The highest BCUT2D eigenvalue weighted by Crippen LogP contribution is 2.28. The lowest BCUT2D eigenvalue weighted by atomic mass is 10.0. The van der Waals surface area contributed by atoms with E-state index in [0.29, 0.717) is 13.2 Å². The summed E-state index contributed by atoms with van der Waals surface area (Å²) in [4.78, 5) is 2.25. The molecule has 1 heterocycles. The quantitative estimate of drug-likeness (QED) is 0.917. The third-order valence-electron chi connectivity index (χ3n) is 3.68. The van der Waals surface area contributed by atoms with Crippen LogP contribution in [0.4, 0.5) is 4.39 Å². The van der Waals surface area contributed by atoms with E-state index >= 15 is 0 Å². The van der Waals surface area contributed by atoms with Crippen LogP contribution in [0, 0.1) is 5.82 Å². The number of halogens is 1. The molecule has 0 amide bonds. The monoisotopic (exact) mass is 282 g/mol. The van der Waals surface area contributed by atoms with Crippen molar-refractivity contribution >= 4 is 0 Å². The van der Waals surface area contributed by atoms with Gasteiger partial charge in [-0.3, -0.25) is 4.90 Å². The fourth-order valence-corrected chi connectivity index (χ4v) is 2.70. The number of morpholine rings is 1. The van der Waals surface area contributed by atoms with Crippen LogP contribution in [0.15, 0.2) is 18.2 Å². The molecule has 1 unspecified atom stereocenters. The summed E-state index contributed by atoms with van der Waals surface area (Å²) >= 11 is 0. The Labute approximate surface area is 119 Å². The minimum atomic E-state index is -0.351. The normalized spacial score (nSPS) is 20.6. The van der Waals surface area contributed by atoms with E-state index in [-0.39, 0.29) is 23.2 Å². The van der Waals surface area contributed by atoms with Crippen LogP contribution < -0.4 is 10.5 Å². The zero-order valence-corrected chi connectivity index (χ0v) is 12.4. The van der Waals surface area contributed by atoms with Crippen molar-refractivity contribution in [1.82, 2.24) is 4.90 Å². The molecule has 0 saturated carbocycles. The largest absolute Gasteiger partial charge is 0.494 e. The number of nitrogens with zero attached hydrogens (tertiary/aromatic N) is 1. The van der Waals surface area contributed by atoms with Crippen LogP contribution in [0.1, 0.15) is 25.5 Å². The molecule has 1 saturated heterocycles. The first kappa shape index (κ1) is 15.2. The maximum atomic E-state index is 13.9. The fraction of sp³-hybridized carbons (Fsp3) is 0.600. The molecule has 0 spiro atoms. The second-order valence-corrected chi connectivity index (χ2v) is 5.72. The third kappa shape index (κ3) is 3.29. The van der Waals surface area contributed by atoms with E-state index in [0.717, 1.165) is 18.7 Å². The van der Waals surface area contributed by atoms with Gasteiger partial charge in [-0.25, -0.2) is 4.39 Å². The van der Waals surface area contributed by atoms with E-state index in [1.54, 1.807) is 6.07 Å². The lowest BCUT2D eigenvalue weighted by molar-refractivity contribution is -0.0967. The summed E-state index contributed by atoms with van der Waals surface area (Å²) in [5, 5.41) is 0. The van der Waals surface area contributed by atoms with Crippen molar-refractivity contribution in [2.24, 2.45) is 5.73 Å². The van der Waals surface area contributed by atoms with E-state index in [1.165, 1.54) is 13.2 Å². The fourth-order valence-electron chi connectivity index (χ4n) is 2.70. The minimum absolute atomic E-state index is 0.00131. The predicted molar refractivity (Wildman–Crippen MR) is 76.4 cm³/mol. The Morgan fingerprint density at radius 2 is 2.25 bits per heavy atom. The minimum Gasteiger partial charge on any atom is -0.494 e. The number of hydrogen-bond acceptors (Lipinski definition) is 4. The summed E-state index contributed by atoms with van der Waals surface area (Å²) in [5.74, 6) is -0.0946. The van der Waals surface area contributed by atoms with E-state index in [9.17, 15) is 4.39 Å². The van der Waals surface area contributed by atoms with Gasteiger partial charge in [0, 0.05) is 25.7 Å². The SMILES string of the molecule is COc1ccc(C(CN)N2CCOC(C)(C)C2)cc1F. The van der Waals surface area contributed by atoms with Crippen LogP contribution in [-0.4, -0.2) is 43.9 Å². The van der Waals surface area contributed by atoms with Gasteiger partial charge in [0.1, 0.15) is 0 Å². The molecule has 2 rings (SSSR count). The van der Waals surface area contributed by atoms with Crippen LogP contribution in [0.3, 0.4) is 0 Å². The van der Waals surface area contributed by atoms with Gasteiger partial charge >= 0.3 is 0 Å². The molecule has 1 aliphatic rings. The molecule has 0 aliphatic carbocycles. The van der Waals surface area contributed by atoms with Gasteiger partial charge in [0.25, 0.3) is 0 Å². The standard InChI is InChI=1S/C15H23FN2O2/c1-15(2)10-18(6-7-20-15)13(9-17)11-4-5-14(19-3)12(16)8-11/h4-5,8,13H,6-7,9-10,17H2,1-3H3. The second kappa shape index (κ2) is 6.08. The Bertz CT molecular complexity index is 465. The zero-order valence-electron chi connectivity index (χ0n) is 12.4. The highest BCUT2D eigenvalue weighted by atomic mass is 19.1. The highest BCUT2D eigenvalue weighted by molar-refractivity contribution is 5.31. The van der Waals surface area contributed by atoms with Crippen molar-refractivity contribution in [2.45, 2.75) is 25.5 Å². The third-order valence-corrected chi connectivity index (χ3v) is 3.68. The van der Waals surface area contributed by atoms with Crippen LogP contribution in [0.25, 0.3) is 0 Å². The Balaban J connectivity index is 2.21. The van der Waals surface area contributed by atoms with Gasteiger partial charge in [0.05, 0.1) is 19.3 Å². The smallest absolute Gasteiger partial charge is 0.165 e. The second-order valence-electron chi connectivity index (χ2n) is 5.72. The van der Waals surface area contributed by atoms with Gasteiger partial charge < -0.3 is 15.2 Å². The topological polar surface area (TPSA) is 47.7 Å². The molecule has 1 aliphatic heterocycles. The number of nitrogens with two attached hydrogens (primary N) is 1.